The summed E-state index contributed by atoms with van der Waals surface area (Å²) in [6.07, 6.45) is 61.9. The van der Waals surface area contributed by atoms with E-state index in [2.05, 4.69) is 72.8 Å². The standard InChI is InChI=1S/C81H154O17P2/c1-8-10-11-12-13-14-15-16-21-25-30-35-40-48-55-62-78(83)91-68-76(97-81(86)65-58-51-42-37-32-27-29-34-39-46-53-60-73(5)6)70-95-99(87,88)93-66-75(82)67-94-100(89,90)96-71-77(69-92-79(84)63-56-49-44-43-47-54-61-74(7)9-2)98-80(85)64-57-50-41-36-31-26-23-20-18-17-19-22-24-28-33-38-45-52-59-72(3)4/h14-16,21,72-77,82H,8-13,17-20,22-71H2,1-7H3,(H,87,88)(H,89,90)/b15-14-,21-16-/t74?,75-,76-,77-/m1/s1. The first-order chi connectivity index (χ1) is 48.3. The van der Waals surface area contributed by atoms with Gasteiger partial charge >= 0.3 is 39.5 Å². The number of unbranched alkanes of at least 4 members (excludes halogenated alkanes) is 41. The van der Waals surface area contributed by atoms with Crippen molar-refractivity contribution < 1.29 is 80.2 Å². The Morgan fingerprint density at radius 3 is 0.890 bits per heavy atom. The van der Waals surface area contributed by atoms with Crippen LogP contribution in [0, 0.1) is 17.8 Å². The number of esters is 4. The molecule has 0 bridgehead atoms. The van der Waals surface area contributed by atoms with E-state index in [0.29, 0.717) is 25.7 Å². The van der Waals surface area contributed by atoms with E-state index in [1.807, 2.05) is 0 Å². The third-order valence-electron chi connectivity index (χ3n) is 18.6. The van der Waals surface area contributed by atoms with E-state index < -0.39 is 97.5 Å². The fourth-order valence-electron chi connectivity index (χ4n) is 11.9. The first kappa shape index (κ1) is 97.5. The number of phosphoric acid groups is 2. The molecule has 0 aromatic rings. The number of hydrogen-bond acceptors (Lipinski definition) is 15. The second kappa shape index (κ2) is 70.8. The van der Waals surface area contributed by atoms with Crippen LogP contribution in [0.25, 0.3) is 0 Å². The smallest absolute Gasteiger partial charge is 0.462 e. The molecule has 0 rings (SSSR count). The number of hydrogen-bond donors (Lipinski definition) is 3. The van der Waals surface area contributed by atoms with Gasteiger partial charge in [-0.3, -0.25) is 37.3 Å². The zero-order valence-electron chi connectivity index (χ0n) is 65.2. The predicted molar refractivity (Wildman–Crippen MR) is 409 cm³/mol. The van der Waals surface area contributed by atoms with Crippen LogP contribution in [0.5, 0.6) is 0 Å². The average Bonchev–Trinajstić information content (AvgIpc) is 0.934. The van der Waals surface area contributed by atoms with Crippen molar-refractivity contribution in [3.05, 3.63) is 24.3 Å². The molecule has 590 valence electrons. The molecule has 0 aromatic carbocycles. The van der Waals surface area contributed by atoms with Gasteiger partial charge in [-0.05, 0) is 69.1 Å². The lowest BCUT2D eigenvalue weighted by molar-refractivity contribution is -0.161. The number of phosphoric ester groups is 2. The van der Waals surface area contributed by atoms with Crippen LogP contribution in [0.15, 0.2) is 24.3 Å². The maximum absolute atomic E-state index is 13.1. The summed E-state index contributed by atoms with van der Waals surface area (Å²) in [6.45, 7) is 11.9. The highest BCUT2D eigenvalue weighted by Crippen LogP contribution is 2.45. The molecule has 0 aromatic heterocycles. The van der Waals surface area contributed by atoms with Crippen molar-refractivity contribution in [2.75, 3.05) is 39.6 Å². The van der Waals surface area contributed by atoms with E-state index in [1.54, 1.807) is 0 Å². The Hall–Kier alpha value is -2.46. The number of aliphatic hydroxyl groups excluding tert-OH is 1. The van der Waals surface area contributed by atoms with Crippen LogP contribution in [0.4, 0.5) is 0 Å². The third-order valence-corrected chi connectivity index (χ3v) is 20.5. The topological polar surface area (TPSA) is 237 Å². The van der Waals surface area contributed by atoms with Crippen molar-refractivity contribution in [1.29, 1.82) is 0 Å². The number of carbonyl (C=O) groups excluding carboxylic acids is 4. The largest absolute Gasteiger partial charge is 0.472 e. The lowest BCUT2D eigenvalue weighted by Crippen LogP contribution is -2.30. The molecular formula is C81H154O17P2. The molecule has 0 spiro atoms. The Morgan fingerprint density at radius 2 is 0.590 bits per heavy atom. The Labute approximate surface area is 612 Å². The maximum atomic E-state index is 13.1. The summed E-state index contributed by atoms with van der Waals surface area (Å²) in [4.78, 5) is 73.0. The minimum Gasteiger partial charge on any atom is -0.462 e. The minimum absolute atomic E-state index is 0.0993. The Balaban J connectivity index is 5.24. The van der Waals surface area contributed by atoms with Crippen LogP contribution >= 0.6 is 15.6 Å². The fraction of sp³-hybridized carbons (Fsp3) is 0.901. The number of aliphatic hydroxyl groups is 1. The highest BCUT2D eigenvalue weighted by atomic mass is 31.2. The van der Waals surface area contributed by atoms with Gasteiger partial charge in [0.05, 0.1) is 26.4 Å². The van der Waals surface area contributed by atoms with E-state index >= 15 is 0 Å². The predicted octanol–water partition coefficient (Wildman–Crippen LogP) is 23.7. The van der Waals surface area contributed by atoms with E-state index in [4.69, 9.17) is 37.0 Å². The summed E-state index contributed by atoms with van der Waals surface area (Å²) in [5.74, 6) is 0.168. The molecule has 100 heavy (non-hydrogen) atoms. The van der Waals surface area contributed by atoms with E-state index in [0.717, 1.165) is 133 Å². The van der Waals surface area contributed by atoms with Gasteiger partial charge in [-0.2, -0.15) is 0 Å². The molecule has 0 aliphatic heterocycles. The molecule has 0 radical (unpaired) electrons. The van der Waals surface area contributed by atoms with E-state index in [-0.39, 0.29) is 25.7 Å². The second-order valence-electron chi connectivity index (χ2n) is 29.7. The van der Waals surface area contributed by atoms with Gasteiger partial charge in [0.1, 0.15) is 19.3 Å². The Morgan fingerprint density at radius 1 is 0.330 bits per heavy atom. The number of carbonyl (C=O) groups is 4. The van der Waals surface area contributed by atoms with Crippen LogP contribution in [-0.4, -0.2) is 96.7 Å². The van der Waals surface area contributed by atoms with Crippen molar-refractivity contribution in [3.8, 4) is 0 Å². The molecule has 19 heteroatoms. The van der Waals surface area contributed by atoms with Gasteiger partial charge < -0.3 is 33.8 Å². The molecule has 3 N–H and O–H groups in total. The first-order valence-corrected chi connectivity index (χ1v) is 44.2. The molecule has 0 saturated heterocycles. The number of ether oxygens (including phenoxy) is 4. The summed E-state index contributed by atoms with van der Waals surface area (Å²) in [6, 6.07) is 0. The lowest BCUT2D eigenvalue weighted by atomic mass is 10.00. The van der Waals surface area contributed by atoms with Gasteiger partial charge in [0.2, 0.25) is 0 Å². The van der Waals surface area contributed by atoms with Crippen LogP contribution in [0.2, 0.25) is 0 Å². The summed E-state index contributed by atoms with van der Waals surface area (Å²) >= 11 is 0. The Bertz CT molecular complexity index is 2040. The van der Waals surface area contributed by atoms with Gasteiger partial charge in [0.15, 0.2) is 12.2 Å². The zero-order valence-corrected chi connectivity index (χ0v) is 66.9. The minimum atomic E-state index is -4.97. The van der Waals surface area contributed by atoms with Crippen LogP contribution < -0.4 is 0 Å². The molecular weight excluding hydrogens is 1310 g/mol. The molecule has 0 aliphatic rings. The molecule has 17 nitrogen and oxygen atoms in total. The SMILES string of the molecule is CCCCCC/C=C\C=C/CCCCCCCC(=O)OC[C@H](COP(=O)(O)OC[C@@H](O)COP(=O)(O)OC[C@@H](COC(=O)CCCCCCCCC(C)CC)OC(=O)CCCCCCCCCCCCCCCCCCCCC(C)C)OC(=O)CCCCCCCCCCCCCC(C)C. The quantitative estimate of drug-likeness (QED) is 0.0169. The summed E-state index contributed by atoms with van der Waals surface area (Å²) < 4.78 is 68.6. The van der Waals surface area contributed by atoms with Gasteiger partial charge in [0, 0.05) is 25.7 Å². The normalized spacial score (nSPS) is 14.4. The highest BCUT2D eigenvalue weighted by Gasteiger charge is 2.30. The van der Waals surface area contributed by atoms with Gasteiger partial charge in [-0.25, -0.2) is 9.13 Å². The van der Waals surface area contributed by atoms with Crippen molar-refractivity contribution in [3.63, 3.8) is 0 Å². The molecule has 6 atom stereocenters. The third kappa shape index (κ3) is 72.5. The van der Waals surface area contributed by atoms with Crippen molar-refractivity contribution in [2.45, 2.75) is 414 Å². The van der Waals surface area contributed by atoms with Gasteiger partial charge in [-0.15, -0.1) is 0 Å². The van der Waals surface area contributed by atoms with E-state index in [9.17, 15) is 43.2 Å². The molecule has 0 amide bonds. The summed E-state index contributed by atoms with van der Waals surface area (Å²) in [5.41, 5.74) is 0. The molecule has 0 fully saturated rings. The number of rotatable bonds is 77. The van der Waals surface area contributed by atoms with Crippen LogP contribution in [0.1, 0.15) is 395 Å². The summed E-state index contributed by atoms with van der Waals surface area (Å²) in [7, 11) is -9.93. The molecule has 0 aliphatic carbocycles. The highest BCUT2D eigenvalue weighted by molar-refractivity contribution is 7.47. The second-order valence-corrected chi connectivity index (χ2v) is 32.6. The molecule has 3 unspecified atom stereocenters. The Kier molecular flexibility index (Phi) is 69.1. The van der Waals surface area contributed by atoms with Crippen molar-refractivity contribution >= 4 is 39.5 Å². The number of allylic oxidation sites excluding steroid dienone is 4. The van der Waals surface area contributed by atoms with Gasteiger partial charge in [-0.1, -0.05) is 342 Å². The summed E-state index contributed by atoms with van der Waals surface area (Å²) in [5, 5.41) is 10.6. The molecule has 0 heterocycles. The van der Waals surface area contributed by atoms with E-state index in [1.165, 1.54) is 180 Å². The van der Waals surface area contributed by atoms with Crippen molar-refractivity contribution in [2.24, 2.45) is 17.8 Å². The maximum Gasteiger partial charge on any atom is 0.472 e. The zero-order chi connectivity index (χ0) is 73.7. The first-order valence-electron chi connectivity index (χ1n) is 41.2. The van der Waals surface area contributed by atoms with Crippen LogP contribution in [0.3, 0.4) is 0 Å². The van der Waals surface area contributed by atoms with Gasteiger partial charge in [0.25, 0.3) is 0 Å². The average molecular weight is 1460 g/mol. The monoisotopic (exact) mass is 1460 g/mol. The fourth-order valence-corrected chi connectivity index (χ4v) is 13.5. The lowest BCUT2D eigenvalue weighted by Gasteiger charge is -2.21. The molecule has 0 saturated carbocycles. The van der Waals surface area contributed by atoms with Crippen LogP contribution in [-0.2, 0) is 65.4 Å². The van der Waals surface area contributed by atoms with Crippen molar-refractivity contribution in [1.82, 2.24) is 0 Å².